The van der Waals surface area contributed by atoms with E-state index >= 15 is 0 Å². The Bertz CT molecular complexity index is 233. The first-order valence-electron chi connectivity index (χ1n) is 5.75. The van der Waals surface area contributed by atoms with Gasteiger partial charge in [-0.3, -0.25) is 4.79 Å². The highest BCUT2D eigenvalue weighted by Crippen LogP contribution is 2.08. The molecule has 3 unspecified atom stereocenters. The van der Waals surface area contributed by atoms with Crippen LogP contribution in [0.5, 0.6) is 0 Å². The van der Waals surface area contributed by atoms with Gasteiger partial charge in [-0.05, 0) is 12.3 Å². The highest BCUT2D eigenvalue weighted by Gasteiger charge is 2.29. The van der Waals surface area contributed by atoms with Crippen molar-refractivity contribution in [2.24, 2.45) is 5.92 Å². The Morgan fingerprint density at radius 3 is 2.75 bits per heavy atom. The lowest BCUT2D eigenvalue weighted by Crippen LogP contribution is -2.48. The van der Waals surface area contributed by atoms with Gasteiger partial charge in [-0.2, -0.15) is 0 Å². The van der Waals surface area contributed by atoms with E-state index in [4.69, 9.17) is 4.74 Å². The van der Waals surface area contributed by atoms with Gasteiger partial charge in [0.2, 0.25) is 5.91 Å². The third-order valence-corrected chi connectivity index (χ3v) is 2.90. The van der Waals surface area contributed by atoms with E-state index < -0.39 is 6.10 Å². The number of methoxy groups -OCH3 is 1. The maximum absolute atomic E-state index is 11.8. The molecule has 0 spiro atoms. The number of hydrogen-bond acceptors (Lipinski definition) is 4. The number of amides is 1. The summed E-state index contributed by atoms with van der Waals surface area (Å²) >= 11 is 0. The van der Waals surface area contributed by atoms with Crippen LogP contribution in [0.2, 0.25) is 0 Å². The van der Waals surface area contributed by atoms with Gasteiger partial charge in [0.25, 0.3) is 0 Å². The summed E-state index contributed by atoms with van der Waals surface area (Å²) in [5.41, 5.74) is 0. The molecule has 5 nitrogen and oxygen atoms in total. The van der Waals surface area contributed by atoms with Crippen LogP contribution in [-0.4, -0.2) is 49.5 Å². The molecule has 1 rings (SSSR count). The minimum absolute atomic E-state index is 0.0250. The zero-order valence-corrected chi connectivity index (χ0v) is 10.2. The molecule has 0 radical (unpaired) electrons. The van der Waals surface area contributed by atoms with Crippen molar-refractivity contribution >= 4 is 5.91 Å². The van der Waals surface area contributed by atoms with E-state index in [-0.39, 0.29) is 18.0 Å². The SMILES string of the molecule is COCC(NC(=O)C1CC(O)CN1)C(C)C. The Hall–Kier alpha value is -0.650. The molecule has 0 aromatic rings. The van der Waals surface area contributed by atoms with Gasteiger partial charge < -0.3 is 20.5 Å². The fraction of sp³-hybridized carbons (Fsp3) is 0.909. The van der Waals surface area contributed by atoms with Crippen molar-refractivity contribution < 1.29 is 14.6 Å². The number of β-amino-alcohol motifs (C(OH)–C–C–N with tert-alkyl or cyclic N) is 1. The van der Waals surface area contributed by atoms with Crippen molar-refractivity contribution in [1.29, 1.82) is 0 Å². The van der Waals surface area contributed by atoms with E-state index in [1.54, 1.807) is 7.11 Å². The zero-order valence-electron chi connectivity index (χ0n) is 10.2. The molecule has 5 heteroatoms. The van der Waals surface area contributed by atoms with Crippen LogP contribution in [-0.2, 0) is 9.53 Å². The maximum Gasteiger partial charge on any atom is 0.237 e. The van der Waals surface area contributed by atoms with E-state index in [2.05, 4.69) is 10.6 Å². The van der Waals surface area contributed by atoms with Gasteiger partial charge in [-0.15, -0.1) is 0 Å². The number of ether oxygens (including phenoxy) is 1. The Balaban J connectivity index is 2.42. The number of carbonyl (C=O) groups is 1. The fourth-order valence-corrected chi connectivity index (χ4v) is 1.78. The van der Waals surface area contributed by atoms with Crippen LogP contribution in [0.25, 0.3) is 0 Å². The number of carbonyl (C=O) groups excluding carboxylic acids is 1. The molecule has 1 heterocycles. The average Bonchev–Trinajstić information content (AvgIpc) is 2.64. The van der Waals surface area contributed by atoms with Crippen LogP contribution in [0.3, 0.4) is 0 Å². The van der Waals surface area contributed by atoms with Crippen molar-refractivity contribution in [1.82, 2.24) is 10.6 Å². The molecule has 0 aromatic carbocycles. The first kappa shape index (κ1) is 13.4. The first-order chi connectivity index (χ1) is 7.54. The smallest absolute Gasteiger partial charge is 0.237 e. The van der Waals surface area contributed by atoms with E-state index in [0.29, 0.717) is 25.5 Å². The lowest BCUT2D eigenvalue weighted by atomic mass is 10.0. The average molecular weight is 230 g/mol. The fourth-order valence-electron chi connectivity index (χ4n) is 1.78. The van der Waals surface area contributed by atoms with Crippen molar-refractivity contribution in [2.45, 2.75) is 38.5 Å². The van der Waals surface area contributed by atoms with E-state index in [9.17, 15) is 9.90 Å². The summed E-state index contributed by atoms with van der Waals surface area (Å²) in [6.45, 7) is 5.09. The maximum atomic E-state index is 11.8. The van der Waals surface area contributed by atoms with Crippen LogP contribution < -0.4 is 10.6 Å². The van der Waals surface area contributed by atoms with Crippen LogP contribution in [0, 0.1) is 5.92 Å². The van der Waals surface area contributed by atoms with E-state index in [1.807, 2.05) is 13.8 Å². The van der Waals surface area contributed by atoms with Gasteiger partial charge in [0.15, 0.2) is 0 Å². The summed E-state index contributed by atoms with van der Waals surface area (Å²) in [7, 11) is 1.62. The Morgan fingerprint density at radius 1 is 1.62 bits per heavy atom. The van der Waals surface area contributed by atoms with Gasteiger partial charge in [0.05, 0.1) is 24.8 Å². The van der Waals surface area contributed by atoms with Crippen LogP contribution in [0.15, 0.2) is 0 Å². The summed E-state index contributed by atoms with van der Waals surface area (Å²) < 4.78 is 5.07. The van der Waals surface area contributed by atoms with Gasteiger partial charge in [-0.25, -0.2) is 0 Å². The van der Waals surface area contributed by atoms with Gasteiger partial charge >= 0.3 is 0 Å². The third-order valence-electron chi connectivity index (χ3n) is 2.90. The topological polar surface area (TPSA) is 70.6 Å². The predicted molar refractivity (Wildman–Crippen MR) is 61.1 cm³/mol. The number of hydrogen-bond donors (Lipinski definition) is 3. The summed E-state index contributed by atoms with van der Waals surface area (Å²) in [5, 5.41) is 15.3. The minimum Gasteiger partial charge on any atom is -0.392 e. The molecular weight excluding hydrogens is 208 g/mol. The molecule has 0 saturated carbocycles. The van der Waals surface area contributed by atoms with Crippen LogP contribution in [0.4, 0.5) is 0 Å². The standard InChI is InChI=1S/C11H22N2O3/c1-7(2)10(6-16-3)13-11(15)9-4-8(14)5-12-9/h7-10,12,14H,4-6H2,1-3H3,(H,13,15). The van der Waals surface area contributed by atoms with Gasteiger partial charge in [0.1, 0.15) is 0 Å². The number of aliphatic hydroxyl groups excluding tert-OH is 1. The second kappa shape index (κ2) is 6.18. The largest absolute Gasteiger partial charge is 0.392 e. The number of rotatable bonds is 5. The Labute approximate surface area is 96.6 Å². The number of nitrogens with one attached hydrogen (secondary N) is 2. The van der Waals surface area contributed by atoms with Crippen LogP contribution >= 0.6 is 0 Å². The molecule has 1 aliphatic heterocycles. The molecule has 3 atom stereocenters. The van der Waals surface area contributed by atoms with E-state index in [0.717, 1.165) is 0 Å². The molecule has 94 valence electrons. The zero-order chi connectivity index (χ0) is 12.1. The molecule has 1 amide bonds. The molecule has 0 aliphatic carbocycles. The lowest BCUT2D eigenvalue weighted by molar-refractivity contribution is -0.124. The molecule has 1 fully saturated rings. The molecular formula is C11H22N2O3. The Kier molecular flexibility index (Phi) is 5.18. The predicted octanol–water partition coefficient (Wildman–Crippen LogP) is -0.504. The lowest BCUT2D eigenvalue weighted by Gasteiger charge is -2.23. The summed E-state index contributed by atoms with van der Waals surface area (Å²) in [4.78, 5) is 11.8. The number of aliphatic hydroxyl groups is 1. The van der Waals surface area contributed by atoms with Crippen molar-refractivity contribution in [2.75, 3.05) is 20.3 Å². The molecule has 0 aromatic heterocycles. The summed E-state index contributed by atoms with van der Waals surface area (Å²) in [6.07, 6.45) is 0.0829. The molecule has 0 bridgehead atoms. The molecule has 3 N–H and O–H groups in total. The second-order valence-electron chi connectivity index (χ2n) is 4.66. The normalized spacial score (nSPS) is 27.1. The van der Waals surface area contributed by atoms with Gasteiger partial charge in [0, 0.05) is 13.7 Å². The second-order valence-corrected chi connectivity index (χ2v) is 4.66. The van der Waals surface area contributed by atoms with Crippen molar-refractivity contribution in [3.8, 4) is 0 Å². The Morgan fingerprint density at radius 2 is 2.31 bits per heavy atom. The monoisotopic (exact) mass is 230 g/mol. The minimum atomic E-state index is -0.407. The summed E-state index contributed by atoms with van der Waals surface area (Å²) in [6, 6.07) is -0.245. The van der Waals surface area contributed by atoms with E-state index in [1.165, 1.54) is 0 Å². The highest BCUT2D eigenvalue weighted by atomic mass is 16.5. The third kappa shape index (κ3) is 3.73. The quantitative estimate of drug-likeness (QED) is 0.595. The van der Waals surface area contributed by atoms with Crippen LogP contribution in [0.1, 0.15) is 20.3 Å². The van der Waals surface area contributed by atoms with Crippen molar-refractivity contribution in [3.05, 3.63) is 0 Å². The molecule has 16 heavy (non-hydrogen) atoms. The van der Waals surface area contributed by atoms with Crippen molar-refractivity contribution in [3.63, 3.8) is 0 Å². The van der Waals surface area contributed by atoms with Gasteiger partial charge in [-0.1, -0.05) is 13.8 Å². The highest BCUT2D eigenvalue weighted by molar-refractivity contribution is 5.82. The first-order valence-corrected chi connectivity index (χ1v) is 5.75. The summed E-state index contributed by atoms with van der Waals surface area (Å²) in [5.74, 6) is 0.280. The molecule has 1 saturated heterocycles. The molecule has 1 aliphatic rings.